The summed E-state index contributed by atoms with van der Waals surface area (Å²) in [4.78, 5) is 36.0. The van der Waals surface area contributed by atoms with Crippen molar-refractivity contribution in [2.24, 2.45) is 0 Å². The molecule has 0 spiro atoms. The maximum Gasteiger partial charge on any atom is 0.317 e. The molecular formula is C18H23N5O2. The zero-order valence-corrected chi connectivity index (χ0v) is 14.2. The van der Waals surface area contributed by atoms with Gasteiger partial charge in [-0.15, -0.1) is 0 Å². The molecule has 1 unspecified atom stereocenters. The van der Waals surface area contributed by atoms with Gasteiger partial charge in [0.1, 0.15) is 5.82 Å². The predicted octanol–water partition coefficient (Wildman–Crippen LogP) is 1.51. The van der Waals surface area contributed by atoms with E-state index in [9.17, 15) is 9.59 Å². The van der Waals surface area contributed by atoms with E-state index in [0.717, 1.165) is 42.8 Å². The van der Waals surface area contributed by atoms with Crippen LogP contribution in [0.4, 0.5) is 4.79 Å². The molecule has 2 fully saturated rings. The maximum absolute atomic E-state index is 12.6. The SMILES string of the molecule is O=C(CCc1nc2ccccc2[nH]1)N1CCCC(N2CCNC2=O)C1. The number of rotatable bonds is 4. The Bertz CT molecular complexity index is 754. The molecule has 4 rings (SSSR count). The van der Waals surface area contributed by atoms with Crippen molar-refractivity contribution in [3.63, 3.8) is 0 Å². The number of amides is 3. The number of hydrogen-bond donors (Lipinski definition) is 2. The van der Waals surface area contributed by atoms with E-state index in [1.165, 1.54) is 0 Å². The van der Waals surface area contributed by atoms with Crippen molar-refractivity contribution in [2.45, 2.75) is 31.7 Å². The van der Waals surface area contributed by atoms with Crippen LogP contribution in [0.5, 0.6) is 0 Å². The average molecular weight is 341 g/mol. The summed E-state index contributed by atoms with van der Waals surface area (Å²) in [5, 5.41) is 2.84. The zero-order chi connectivity index (χ0) is 17.2. The topological polar surface area (TPSA) is 81.3 Å². The molecule has 0 bridgehead atoms. The molecule has 2 aromatic rings. The van der Waals surface area contributed by atoms with E-state index in [0.29, 0.717) is 25.9 Å². The van der Waals surface area contributed by atoms with E-state index in [-0.39, 0.29) is 18.0 Å². The molecule has 3 amide bonds. The first-order chi connectivity index (χ1) is 12.2. The minimum absolute atomic E-state index is 0.00146. The van der Waals surface area contributed by atoms with Gasteiger partial charge in [0, 0.05) is 39.0 Å². The van der Waals surface area contributed by atoms with Crippen LogP contribution in [0.1, 0.15) is 25.1 Å². The number of aromatic amines is 1. The third kappa shape index (κ3) is 3.31. The number of urea groups is 1. The van der Waals surface area contributed by atoms with E-state index < -0.39 is 0 Å². The first-order valence-corrected chi connectivity index (χ1v) is 8.96. The van der Waals surface area contributed by atoms with E-state index in [2.05, 4.69) is 15.3 Å². The number of fused-ring (bicyclic) bond motifs is 1. The van der Waals surface area contributed by atoms with Gasteiger partial charge in [-0.1, -0.05) is 12.1 Å². The summed E-state index contributed by atoms with van der Waals surface area (Å²) in [6.07, 6.45) is 2.98. The molecule has 3 heterocycles. The molecule has 2 aliphatic rings. The number of piperidine rings is 1. The van der Waals surface area contributed by atoms with Crippen molar-refractivity contribution in [3.8, 4) is 0 Å². The number of nitrogens with zero attached hydrogens (tertiary/aromatic N) is 3. The second-order valence-electron chi connectivity index (χ2n) is 6.76. The number of para-hydroxylation sites is 2. The molecule has 2 saturated heterocycles. The summed E-state index contributed by atoms with van der Waals surface area (Å²) in [6.45, 7) is 2.87. The summed E-state index contributed by atoms with van der Waals surface area (Å²) in [6, 6.07) is 8.03. The number of hydrogen-bond acceptors (Lipinski definition) is 3. The summed E-state index contributed by atoms with van der Waals surface area (Å²) in [5.41, 5.74) is 1.94. The van der Waals surface area contributed by atoms with E-state index in [1.807, 2.05) is 34.1 Å². The standard InChI is InChI=1S/C18H23N5O2/c24-17(8-7-16-20-14-5-1-2-6-15(14)21-16)22-10-3-4-13(12-22)23-11-9-19-18(23)25/h1-2,5-6,13H,3-4,7-12H2,(H,19,25)(H,20,21). The molecule has 0 aliphatic carbocycles. The first kappa shape index (κ1) is 15.9. The number of likely N-dealkylation sites (tertiary alicyclic amines) is 1. The summed E-state index contributed by atoms with van der Waals surface area (Å²) in [7, 11) is 0. The molecule has 132 valence electrons. The van der Waals surface area contributed by atoms with Crippen LogP contribution >= 0.6 is 0 Å². The number of aryl methyl sites for hydroxylation is 1. The van der Waals surface area contributed by atoms with Gasteiger partial charge in [-0.05, 0) is 25.0 Å². The van der Waals surface area contributed by atoms with Gasteiger partial charge in [-0.3, -0.25) is 4.79 Å². The molecule has 2 N–H and O–H groups in total. The second kappa shape index (κ2) is 6.74. The number of nitrogens with one attached hydrogen (secondary N) is 2. The predicted molar refractivity (Wildman–Crippen MR) is 94.1 cm³/mol. The quantitative estimate of drug-likeness (QED) is 0.884. The highest BCUT2D eigenvalue weighted by Gasteiger charge is 2.32. The molecule has 2 aliphatic heterocycles. The highest BCUT2D eigenvalue weighted by molar-refractivity contribution is 5.78. The van der Waals surface area contributed by atoms with Crippen LogP contribution in [0.3, 0.4) is 0 Å². The number of carbonyl (C=O) groups excluding carboxylic acids is 2. The van der Waals surface area contributed by atoms with Crippen molar-refractivity contribution in [1.29, 1.82) is 0 Å². The second-order valence-corrected chi connectivity index (χ2v) is 6.76. The van der Waals surface area contributed by atoms with Crippen LogP contribution in [-0.2, 0) is 11.2 Å². The monoisotopic (exact) mass is 341 g/mol. The summed E-state index contributed by atoms with van der Waals surface area (Å²) >= 11 is 0. The smallest absolute Gasteiger partial charge is 0.317 e. The molecule has 0 radical (unpaired) electrons. The molecule has 7 nitrogen and oxygen atoms in total. The number of carbonyl (C=O) groups is 2. The molecule has 1 aromatic heterocycles. The fourth-order valence-corrected chi connectivity index (χ4v) is 3.78. The van der Waals surface area contributed by atoms with Crippen LogP contribution in [0.15, 0.2) is 24.3 Å². The molecule has 1 atom stereocenters. The van der Waals surface area contributed by atoms with Crippen LogP contribution in [-0.4, -0.2) is 63.9 Å². The normalized spacial score (nSPS) is 21.0. The van der Waals surface area contributed by atoms with Crippen LogP contribution < -0.4 is 5.32 Å². The van der Waals surface area contributed by atoms with Gasteiger partial charge < -0.3 is 20.1 Å². The molecule has 0 saturated carbocycles. The Morgan fingerprint density at radius 3 is 2.96 bits per heavy atom. The van der Waals surface area contributed by atoms with Gasteiger partial charge in [-0.25, -0.2) is 9.78 Å². The Labute approximate surface area is 146 Å². The lowest BCUT2D eigenvalue weighted by molar-refractivity contribution is -0.133. The van der Waals surface area contributed by atoms with E-state index in [4.69, 9.17) is 0 Å². The van der Waals surface area contributed by atoms with E-state index in [1.54, 1.807) is 0 Å². The Balaban J connectivity index is 1.34. The van der Waals surface area contributed by atoms with E-state index >= 15 is 0 Å². The zero-order valence-electron chi connectivity index (χ0n) is 14.2. The van der Waals surface area contributed by atoms with Crippen LogP contribution in [0.25, 0.3) is 11.0 Å². The van der Waals surface area contributed by atoms with Gasteiger partial charge in [0.25, 0.3) is 0 Å². The van der Waals surface area contributed by atoms with Crippen molar-refractivity contribution in [2.75, 3.05) is 26.2 Å². The highest BCUT2D eigenvalue weighted by Crippen LogP contribution is 2.19. The number of H-pyrrole nitrogens is 1. The lowest BCUT2D eigenvalue weighted by atomic mass is 10.0. The fraction of sp³-hybridized carbons (Fsp3) is 0.500. The average Bonchev–Trinajstić information content (AvgIpc) is 3.25. The number of benzene rings is 1. The minimum atomic E-state index is 0.00146. The third-order valence-corrected chi connectivity index (χ3v) is 5.09. The fourth-order valence-electron chi connectivity index (χ4n) is 3.78. The maximum atomic E-state index is 12.6. The Morgan fingerprint density at radius 1 is 1.28 bits per heavy atom. The number of aromatic nitrogens is 2. The minimum Gasteiger partial charge on any atom is -0.342 e. The lowest BCUT2D eigenvalue weighted by Gasteiger charge is -2.37. The Morgan fingerprint density at radius 2 is 2.16 bits per heavy atom. The van der Waals surface area contributed by atoms with Gasteiger partial charge >= 0.3 is 6.03 Å². The molecule has 7 heteroatoms. The Kier molecular flexibility index (Phi) is 4.29. The van der Waals surface area contributed by atoms with Gasteiger partial charge in [0.15, 0.2) is 0 Å². The van der Waals surface area contributed by atoms with Gasteiger partial charge in [0.2, 0.25) is 5.91 Å². The summed E-state index contributed by atoms with van der Waals surface area (Å²) < 4.78 is 0. The molecular weight excluding hydrogens is 318 g/mol. The highest BCUT2D eigenvalue weighted by atomic mass is 16.2. The summed E-state index contributed by atoms with van der Waals surface area (Å²) in [5.74, 6) is 0.992. The van der Waals surface area contributed by atoms with Crippen LogP contribution in [0, 0.1) is 0 Å². The van der Waals surface area contributed by atoms with Gasteiger partial charge in [-0.2, -0.15) is 0 Å². The van der Waals surface area contributed by atoms with Gasteiger partial charge in [0.05, 0.1) is 17.1 Å². The number of imidazole rings is 1. The van der Waals surface area contributed by atoms with Crippen molar-refractivity contribution >= 4 is 23.0 Å². The van der Waals surface area contributed by atoms with Crippen LogP contribution in [0.2, 0.25) is 0 Å². The molecule has 1 aromatic carbocycles. The van der Waals surface area contributed by atoms with Crippen molar-refractivity contribution < 1.29 is 9.59 Å². The van der Waals surface area contributed by atoms with Crippen molar-refractivity contribution in [1.82, 2.24) is 25.1 Å². The Hall–Kier alpha value is -2.57. The van der Waals surface area contributed by atoms with Crippen molar-refractivity contribution in [3.05, 3.63) is 30.1 Å². The first-order valence-electron chi connectivity index (χ1n) is 8.96. The molecule has 25 heavy (non-hydrogen) atoms. The lowest BCUT2D eigenvalue weighted by Crippen LogP contribution is -2.50. The largest absolute Gasteiger partial charge is 0.342 e. The third-order valence-electron chi connectivity index (χ3n) is 5.09.